The van der Waals surface area contributed by atoms with Gasteiger partial charge in [-0.3, -0.25) is 19.2 Å². The maximum absolute atomic E-state index is 12.9. The van der Waals surface area contributed by atoms with E-state index >= 15 is 0 Å². The third-order valence-electron chi connectivity index (χ3n) is 6.63. The number of allylic oxidation sites excluding steroid dienone is 2. The van der Waals surface area contributed by atoms with E-state index in [0.717, 1.165) is 21.2 Å². The van der Waals surface area contributed by atoms with Crippen LogP contribution < -0.4 is 11.5 Å². The van der Waals surface area contributed by atoms with Crippen molar-refractivity contribution < 1.29 is 28.7 Å². The first kappa shape index (κ1) is 37.1. The normalized spacial score (nSPS) is 12.1. The van der Waals surface area contributed by atoms with E-state index in [-0.39, 0.29) is 32.2 Å². The molecule has 0 fully saturated rings. The zero-order valence-electron chi connectivity index (χ0n) is 26.8. The number of amides is 2. The van der Waals surface area contributed by atoms with Gasteiger partial charge >= 0.3 is 11.9 Å². The summed E-state index contributed by atoms with van der Waals surface area (Å²) in [7, 11) is 2.73. The summed E-state index contributed by atoms with van der Waals surface area (Å²) in [6.07, 6.45) is 1.37. The van der Waals surface area contributed by atoms with Gasteiger partial charge in [-0.15, -0.1) is 0 Å². The summed E-state index contributed by atoms with van der Waals surface area (Å²) in [5, 5.41) is 0. The number of hydrogen-bond acceptors (Lipinski definition) is 12. The molecule has 45 heavy (non-hydrogen) atoms. The highest BCUT2D eigenvalue weighted by Gasteiger charge is 2.20. The Morgan fingerprint density at radius 1 is 0.756 bits per heavy atom. The van der Waals surface area contributed by atoms with E-state index in [0.29, 0.717) is 53.4 Å². The van der Waals surface area contributed by atoms with E-state index in [1.807, 2.05) is 45.0 Å². The van der Waals surface area contributed by atoms with Crippen molar-refractivity contribution in [2.75, 3.05) is 24.7 Å². The SMILES string of the molecule is CC(=O)OCCC(SSC(CCOC(C)=O)=C(C)N(Cc1ccc(C)nc1N)C(C)=O)=C(C)N(C=O)Cc1ccc(C)nc1N. The van der Waals surface area contributed by atoms with Gasteiger partial charge in [-0.05, 0) is 39.8 Å². The maximum Gasteiger partial charge on any atom is 0.302 e. The number of nitrogens with zero attached hydrogens (tertiary/aromatic N) is 4. The van der Waals surface area contributed by atoms with Crippen molar-refractivity contribution in [2.24, 2.45) is 0 Å². The lowest BCUT2D eigenvalue weighted by molar-refractivity contribution is -0.141. The number of ether oxygens (including phenoxy) is 2. The van der Waals surface area contributed by atoms with Crippen LogP contribution in [-0.4, -0.2) is 57.2 Å². The van der Waals surface area contributed by atoms with Gasteiger partial charge in [0.15, 0.2) is 0 Å². The van der Waals surface area contributed by atoms with Gasteiger partial charge in [0.25, 0.3) is 0 Å². The molecule has 0 atom stereocenters. The highest BCUT2D eigenvalue weighted by atomic mass is 33.1. The molecule has 0 saturated carbocycles. The molecule has 2 amide bonds. The molecule has 2 heterocycles. The van der Waals surface area contributed by atoms with Crippen LogP contribution in [0.2, 0.25) is 0 Å². The summed E-state index contributed by atoms with van der Waals surface area (Å²) in [6.45, 7) is 12.0. The third kappa shape index (κ3) is 12.1. The minimum absolute atomic E-state index is 0.0984. The van der Waals surface area contributed by atoms with Gasteiger partial charge < -0.3 is 30.7 Å². The molecule has 2 aromatic heterocycles. The smallest absolute Gasteiger partial charge is 0.302 e. The number of nitrogen functional groups attached to an aromatic ring is 2. The Bertz CT molecular complexity index is 1460. The van der Waals surface area contributed by atoms with Gasteiger partial charge in [0.05, 0.1) is 26.3 Å². The summed E-state index contributed by atoms with van der Waals surface area (Å²) >= 11 is 0. The second kappa shape index (κ2) is 18.1. The van der Waals surface area contributed by atoms with Crippen LogP contribution in [0.5, 0.6) is 0 Å². The molecule has 0 unspecified atom stereocenters. The van der Waals surface area contributed by atoms with Crippen molar-refractivity contribution in [1.29, 1.82) is 0 Å². The van der Waals surface area contributed by atoms with E-state index < -0.39 is 11.9 Å². The molecule has 0 saturated heterocycles. The van der Waals surface area contributed by atoms with Crippen molar-refractivity contribution in [3.8, 4) is 0 Å². The molecule has 12 nitrogen and oxygen atoms in total. The standard InChI is InChI=1S/C31H42N6O6S2/c1-19-8-10-26(30(32)34-19)16-36(18-38)21(3)28(12-14-42-24(6)40)44-45-29(13-15-43-25(7)41)22(4)37(23(5)39)17-27-11-9-20(2)35-31(27)33/h8-11,18H,12-17H2,1-7H3,(H2,32,34)(H2,33,35). The average molecular weight is 659 g/mol. The summed E-state index contributed by atoms with van der Waals surface area (Å²) < 4.78 is 10.4. The number of aryl methyl sites for hydroxylation is 2. The van der Waals surface area contributed by atoms with E-state index in [4.69, 9.17) is 20.9 Å². The summed E-state index contributed by atoms with van der Waals surface area (Å²) in [5.74, 6) is -0.382. The van der Waals surface area contributed by atoms with Gasteiger partial charge in [-0.1, -0.05) is 33.7 Å². The van der Waals surface area contributed by atoms with Crippen LogP contribution in [0.4, 0.5) is 11.6 Å². The number of hydrogen-bond donors (Lipinski definition) is 2. The van der Waals surface area contributed by atoms with Crippen molar-refractivity contribution in [3.05, 3.63) is 68.0 Å². The van der Waals surface area contributed by atoms with Gasteiger partial charge in [0.2, 0.25) is 12.3 Å². The lowest BCUT2D eigenvalue weighted by Gasteiger charge is -2.26. The van der Waals surface area contributed by atoms with Crippen molar-refractivity contribution in [1.82, 2.24) is 19.8 Å². The number of carbonyl (C=O) groups excluding carboxylic acids is 4. The number of carbonyl (C=O) groups is 4. The fourth-order valence-electron chi connectivity index (χ4n) is 4.09. The fourth-order valence-corrected chi connectivity index (χ4v) is 6.92. The maximum atomic E-state index is 12.9. The summed E-state index contributed by atoms with van der Waals surface area (Å²) in [4.78, 5) is 61.4. The molecular weight excluding hydrogens is 617 g/mol. The van der Waals surface area contributed by atoms with Gasteiger partial charge in [0.1, 0.15) is 11.6 Å². The molecule has 0 spiro atoms. The second-order valence-electron chi connectivity index (χ2n) is 10.2. The van der Waals surface area contributed by atoms with Gasteiger partial charge in [-0.25, -0.2) is 9.97 Å². The Balaban J connectivity index is 2.48. The van der Waals surface area contributed by atoms with Crippen LogP contribution in [-0.2, 0) is 41.7 Å². The van der Waals surface area contributed by atoms with Crippen molar-refractivity contribution in [3.63, 3.8) is 0 Å². The molecule has 0 aliphatic carbocycles. The van der Waals surface area contributed by atoms with Crippen LogP contribution in [0.25, 0.3) is 0 Å². The van der Waals surface area contributed by atoms with Gasteiger partial charge in [-0.2, -0.15) is 0 Å². The number of nitrogens with two attached hydrogens (primary N) is 2. The highest BCUT2D eigenvalue weighted by Crippen LogP contribution is 2.43. The molecule has 14 heteroatoms. The fraction of sp³-hybridized carbons (Fsp3) is 0.419. The molecule has 2 aromatic rings. The Morgan fingerprint density at radius 2 is 1.20 bits per heavy atom. The molecule has 4 N–H and O–H groups in total. The number of rotatable bonds is 16. The van der Waals surface area contributed by atoms with Crippen LogP contribution in [0, 0.1) is 13.8 Å². The Labute approximate surface area is 272 Å². The molecule has 2 rings (SSSR count). The third-order valence-corrected chi connectivity index (χ3v) is 9.58. The topological polar surface area (TPSA) is 171 Å². The number of pyridine rings is 2. The van der Waals surface area contributed by atoms with Crippen LogP contribution >= 0.6 is 21.6 Å². The Morgan fingerprint density at radius 3 is 1.60 bits per heavy atom. The highest BCUT2D eigenvalue weighted by molar-refractivity contribution is 8.79. The number of aromatic nitrogens is 2. The molecule has 0 aliphatic rings. The zero-order valence-corrected chi connectivity index (χ0v) is 28.5. The zero-order chi connectivity index (χ0) is 33.7. The average Bonchev–Trinajstić information content (AvgIpc) is 2.96. The van der Waals surface area contributed by atoms with E-state index in [9.17, 15) is 19.2 Å². The molecule has 0 radical (unpaired) electrons. The predicted octanol–water partition coefficient (Wildman–Crippen LogP) is 5.02. The largest absolute Gasteiger partial charge is 0.466 e. The minimum Gasteiger partial charge on any atom is -0.466 e. The molecule has 0 aliphatic heterocycles. The van der Waals surface area contributed by atoms with Crippen LogP contribution in [0.15, 0.2) is 45.5 Å². The molecule has 244 valence electrons. The van der Waals surface area contributed by atoms with Crippen molar-refractivity contribution in [2.45, 2.75) is 74.4 Å². The minimum atomic E-state index is -0.421. The quantitative estimate of drug-likeness (QED) is 0.140. The second-order valence-corrected chi connectivity index (χ2v) is 12.5. The molecule has 0 bridgehead atoms. The monoisotopic (exact) mass is 658 g/mol. The molecular formula is C31H42N6O6S2. The predicted molar refractivity (Wildman–Crippen MR) is 178 cm³/mol. The van der Waals surface area contributed by atoms with E-state index in [1.54, 1.807) is 11.8 Å². The van der Waals surface area contributed by atoms with Gasteiger partial charge in [0, 0.05) is 77.3 Å². The first-order valence-electron chi connectivity index (χ1n) is 14.2. The summed E-state index contributed by atoms with van der Waals surface area (Å²) in [6, 6.07) is 7.32. The van der Waals surface area contributed by atoms with E-state index in [2.05, 4.69) is 9.97 Å². The van der Waals surface area contributed by atoms with Crippen molar-refractivity contribution >= 4 is 57.5 Å². The van der Waals surface area contributed by atoms with E-state index in [1.165, 1.54) is 47.3 Å². The lowest BCUT2D eigenvalue weighted by atomic mass is 10.2. The lowest BCUT2D eigenvalue weighted by Crippen LogP contribution is -2.28. The Hall–Kier alpha value is -4.04. The molecule has 0 aromatic carbocycles. The first-order valence-corrected chi connectivity index (χ1v) is 16.3. The van der Waals surface area contributed by atoms with Crippen LogP contribution in [0.3, 0.4) is 0 Å². The number of anilines is 2. The summed E-state index contributed by atoms with van der Waals surface area (Å²) in [5.41, 5.74) is 16.5. The number of esters is 2. The first-order chi connectivity index (χ1) is 21.2. The van der Waals surface area contributed by atoms with Crippen LogP contribution in [0.1, 0.15) is 70.0 Å². The Kier molecular flexibility index (Phi) is 14.9.